The summed E-state index contributed by atoms with van der Waals surface area (Å²) in [7, 11) is 3.42. The van der Waals surface area contributed by atoms with E-state index in [2.05, 4.69) is 47.8 Å². The van der Waals surface area contributed by atoms with Crippen molar-refractivity contribution in [1.29, 1.82) is 0 Å². The molecular formula is C23H24BrN7O3. The van der Waals surface area contributed by atoms with E-state index >= 15 is 0 Å². The predicted molar refractivity (Wildman–Crippen MR) is 132 cm³/mol. The second kappa shape index (κ2) is 10.0. The summed E-state index contributed by atoms with van der Waals surface area (Å²) in [5.74, 6) is 0.689. The Morgan fingerprint density at radius 1 is 1.35 bits per heavy atom. The monoisotopic (exact) mass is 525 g/mol. The van der Waals surface area contributed by atoms with Gasteiger partial charge in [-0.25, -0.2) is 9.67 Å². The summed E-state index contributed by atoms with van der Waals surface area (Å²) in [5, 5.41) is 12.3. The molecule has 1 amide bonds. The molecule has 4 aromatic rings. The molecule has 4 heterocycles. The van der Waals surface area contributed by atoms with Crippen LogP contribution < -0.4 is 9.47 Å². The molecule has 10 nitrogen and oxygen atoms in total. The van der Waals surface area contributed by atoms with Gasteiger partial charge in [0.25, 0.3) is 5.91 Å². The summed E-state index contributed by atoms with van der Waals surface area (Å²) >= 11 is 3.46. The van der Waals surface area contributed by atoms with Crippen LogP contribution in [0.2, 0.25) is 0 Å². The van der Waals surface area contributed by atoms with Crippen molar-refractivity contribution in [3.8, 4) is 23.0 Å². The Labute approximate surface area is 204 Å². The lowest BCUT2D eigenvalue weighted by atomic mass is 10.1. The number of halogens is 1. The van der Waals surface area contributed by atoms with Gasteiger partial charge in [-0.1, -0.05) is 12.7 Å². The quantitative estimate of drug-likeness (QED) is 0.354. The van der Waals surface area contributed by atoms with Crippen molar-refractivity contribution in [1.82, 2.24) is 34.8 Å². The Bertz CT molecular complexity index is 1350. The Kier molecular flexibility index (Phi) is 6.92. The van der Waals surface area contributed by atoms with Crippen LogP contribution in [0.5, 0.6) is 11.8 Å². The average Bonchev–Trinajstić information content (AvgIpc) is 3.38. The van der Waals surface area contributed by atoms with Gasteiger partial charge in [-0.3, -0.25) is 14.9 Å². The number of hydrogen-bond donors (Lipinski definition) is 1. The molecule has 1 N–H and O–H groups in total. The molecule has 0 radical (unpaired) electrons. The lowest BCUT2D eigenvalue weighted by Crippen LogP contribution is -2.31. The van der Waals surface area contributed by atoms with Crippen LogP contribution in [0.4, 0.5) is 0 Å². The van der Waals surface area contributed by atoms with Crippen molar-refractivity contribution < 1.29 is 14.3 Å². The fraction of sp³-hybridized carbons (Fsp3) is 0.261. The Balaban J connectivity index is 1.47. The maximum atomic E-state index is 13.0. The number of carbonyl (C=O) groups is 1. The number of hydrogen-bond acceptors (Lipinski definition) is 7. The van der Waals surface area contributed by atoms with Gasteiger partial charge in [-0.05, 0) is 41.1 Å². The molecule has 0 aliphatic rings. The maximum Gasteiger partial charge on any atom is 0.274 e. The van der Waals surface area contributed by atoms with E-state index in [0.29, 0.717) is 36.2 Å². The summed E-state index contributed by atoms with van der Waals surface area (Å²) in [6.07, 6.45) is 4.92. The first-order valence-electron chi connectivity index (χ1n) is 10.6. The molecule has 0 aliphatic heterocycles. The third-order valence-corrected chi connectivity index (χ3v) is 5.77. The molecular weight excluding hydrogens is 502 g/mol. The minimum atomic E-state index is -0.252. The van der Waals surface area contributed by atoms with Gasteiger partial charge in [0.1, 0.15) is 16.7 Å². The zero-order valence-corrected chi connectivity index (χ0v) is 20.7. The molecule has 0 aromatic carbocycles. The molecule has 34 heavy (non-hydrogen) atoms. The van der Waals surface area contributed by atoms with Gasteiger partial charge >= 0.3 is 0 Å². The number of nitrogens with one attached hydrogen (secondary N) is 1. The Morgan fingerprint density at radius 2 is 2.18 bits per heavy atom. The van der Waals surface area contributed by atoms with Crippen LogP contribution in [-0.4, -0.2) is 67.6 Å². The predicted octanol–water partition coefficient (Wildman–Crippen LogP) is 3.71. The minimum absolute atomic E-state index is 0.235. The summed E-state index contributed by atoms with van der Waals surface area (Å²) in [6, 6.07) is 5.62. The molecule has 0 saturated heterocycles. The lowest BCUT2D eigenvalue weighted by molar-refractivity contribution is 0.0766. The van der Waals surface area contributed by atoms with Crippen molar-refractivity contribution in [3.05, 3.63) is 53.0 Å². The van der Waals surface area contributed by atoms with E-state index in [4.69, 9.17) is 9.47 Å². The number of aryl methyl sites for hydroxylation is 1. The molecule has 0 aliphatic carbocycles. The van der Waals surface area contributed by atoms with E-state index in [1.165, 1.54) is 0 Å². The fourth-order valence-corrected chi connectivity index (χ4v) is 3.87. The lowest BCUT2D eigenvalue weighted by Gasteiger charge is -2.17. The standard InChI is InChI=1S/C23H24BrN7O3/c1-5-14-19(29-31(4)23(14)33-6-2)22(32)30(3)10-11-34-21-15(8-7-9-25-21)17-12-16-18(13-26-17)27-28-20(16)24/h5,7-9,12-13H,1,6,10-11H2,2-4H3,(H,27,28). The number of amides is 1. The van der Waals surface area contributed by atoms with Gasteiger partial charge in [0.05, 0.1) is 36.2 Å². The van der Waals surface area contributed by atoms with Crippen LogP contribution >= 0.6 is 15.9 Å². The van der Waals surface area contributed by atoms with Gasteiger partial charge in [0.2, 0.25) is 11.8 Å². The van der Waals surface area contributed by atoms with E-state index in [9.17, 15) is 4.79 Å². The fourth-order valence-electron chi connectivity index (χ4n) is 3.47. The highest BCUT2D eigenvalue weighted by Crippen LogP contribution is 2.30. The van der Waals surface area contributed by atoms with Crippen molar-refractivity contribution in [2.45, 2.75) is 6.92 Å². The zero-order valence-electron chi connectivity index (χ0n) is 19.1. The molecule has 0 unspecified atom stereocenters. The van der Waals surface area contributed by atoms with E-state index in [1.54, 1.807) is 42.1 Å². The number of H-pyrrole nitrogens is 1. The van der Waals surface area contributed by atoms with Crippen molar-refractivity contribution >= 4 is 38.8 Å². The number of rotatable bonds is 9. The first kappa shape index (κ1) is 23.4. The van der Waals surface area contributed by atoms with Crippen LogP contribution in [0.1, 0.15) is 23.0 Å². The van der Waals surface area contributed by atoms with Crippen molar-refractivity contribution in [3.63, 3.8) is 0 Å². The second-order valence-corrected chi connectivity index (χ2v) is 8.18. The third kappa shape index (κ3) is 4.51. The largest absolute Gasteiger partial charge is 0.478 e. The number of pyridine rings is 2. The molecule has 11 heteroatoms. The van der Waals surface area contributed by atoms with Gasteiger partial charge in [-0.15, -0.1) is 0 Å². The van der Waals surface area contributed by atoms with E-state index in [-0.39, 0.29) is 18.2 Å². The molecule has 4 aromatic heterocycles. The number of ether oxygens (including phenoxy) is 2. The molecule has 176 valence electrons. The number of aromatic amines is 1. The number of aromatic nitrogens is 6. The van der Waals surface area contributed by atoms with Gasteiger partial charge in [0.15, 0.2) is 5.69 Å². The van der Waals surface area contributed by atoms with Crippen LogP contribution in [0, 0.1) is 0 Å². The number of carbonyl (C=O) groups excluding carboxylic acids is 1. The van der Waals surface area contributed by atoms with Crippen LogP contribution in [0.3, 0.4) is 0 Å². The normalized spacial score (nSPS) is 10.9. The molecule has 0 saturated carbocycles. The van der Waals surface area contributed by atoms with Gasteiger partial charge in [-0.2, -0.15) is 10.2 Å². The Hall–Kier alpha value is -3.73. The SMILES string of the molecule is C=Cc1c(C(=O)N(C)CCOc2ncccc2-c2cc3c(Br)[nH]nc3cn2)nn(C)c1OCC. The van der Waals surface area contributed by atoms with E-state index in [0.717, 1.165) is 21.1 Å². The molecule has 0 spiro atoms. The van der Waals surface area contributed by atoms with Gasteiger partial charge in [0, 0.05) is 25.7 Å². The second-order valence-electron chi connectivity index (χ2n) is 7.38. The zero-order chi connectivity index (χ0) is 24.2. The first-order valence-corrected chi connectivity index (χ1v) is 11.4. The molecule has 0 fully saturated rings. The Morgan fingerprint density at radius 3 is 2.94 bits per heavy atom. The summed E-state index contributed by atoms with van der Waals surface area (Å²) in [6.45, 7) is 6.69. The highest BCUT2D eigenvalue weighted by molar-refractivity contribution is 9.10. The first-order chi connectivity index (χ1) is 16.4. The van der Waals surface area contributed by atoms with Crippen molar-refractivity contribution in [2.75, 3.05) is 26.8 Å². The van der Waals surface area contributed by atoms with Crippen LogP contribution in [0.25, 0.3) is 28.2 Å². The minimum Gasteiger partial charge on any atom is -0.478 e. The summed E-state index contributed by atoms with van der Waals surface area (Å²) in [4.78, 5) is 23.4. The highest BCUT2D eigenvalue weighted by atomic mass is 79.9. The average molecular weight is 526 g/mol. The highest BCUT2D eigenvalue weighted by Gasteiger charge is 2.23. The van der Waals surface area contributed by atoms with Gasteiger partial charge < -0.3 is 14.4 Å². The third-order valence-electron chi connectivity index (χ3n) is 5.17. The van der Waals surface area contributed by atoms with E-state index in [1.807, 2.05) is 25.1 Å². The molecule has 0 atom stereocenters. The summed E-state index contributed by atoms with van der Waals surface area (Å²) in [5.41, 5.74) is 3.05. The number of likely N-dealkylation sites (N-methyl/N-ethyl adjacent to an activating group) is 1. The van der Waals surface area contributed by atoms with Crippen LogP contribution in [-0.2, 0) is 7.05 Å². The van der Waals surface area contributed by atoms with Crippen molar-refractivity contribution in [2.24, 2.45) is 7.05 Å². The van der Waals surface area contributed by atoms with Crippen LogP contribution in [0.15, 0.2) is 41.8 Å². The summed E-state index contributed by atoms with van der Waals surface area (Å²) < 4.78 is 13.9. The topological polar surface area (TPSA) is 111 Å². The molecule has 0 bridgehead atoms. The molecule has 4 rings (SSSR count). The smallest absolute Gasteiger partial charge is 0.274 e. The number of nitrogens with zero attached hydrogens (tertiary/aromatic N) is 6. The maximum absolute atomic E-state index is 13.0. The van der Waals surface area contributed by atoms with E-state index < -0.39 is 0 Å². The number of fused-ring (bicyclic) bond motifs is 1.